The second kappa shape index (κ2) is 21.9. The minimum atomic E-state index is -3.02. The largest absolute Gasteiger partial charge is 0.467 e. The molecule has 1 aromatic carbocycles. The number of carbonyl (C=O) groups is 4. The number of hydrogen-bond donors (Lipinski definition) is 2. The number of benzene rings is 1. The van der Waals surface area contributed by atoms with Crippen LogP contribution in [0.5, 0.6) is 0 Å². The normalized spacial score (nSPS) is 31.4. The van der Waals surface area contributed by atoms with Crippen LogP contribution in [0.4, 0.5) is 4.79 Å². The van der Waals surface area contributed by atoms with Gasteiger partial charge in [0.2, 0.25) is 8.32 Å². The molecule has 0 spiro atoms. The quantitative estimate of drug-likeness (QED) is 0.0618. The first-order valence-corrected chi connectivity index (χ1v) is 32.9. The lowest BCUT2D eigenvalue weighted by Crippen LogP contribution is -2.82. The number of aliphatic hydroxyl groups is 1. The van der Waals surface area contributed by atoms with E-state index in [1.165, 1.54) is 13.2 Å². The lowest BCUT2D eigenvalue weighted by Gasteiger charge is -2.69. The molecule has 5 aliphatic rings. The predicted octanol–water partition coefficient (Wildman–Crippen LogP) is 11.7. The number of carbonyl (C=O) groups excluding carboxylic acids is 4. The van der Waals surface area contributed by atoms with E-state index in [2.05, 4.69) is 74.6 Å². The highest BCUT2D eigenvalue weighted by Crippen LogP contribution is 2.68. The Morgan fingerprint density at radius 1 is 0.857 bits per heavy atom. The molecule has 2 aromatic rings. The Balaban J connectivity index is 1.50. The molecule has 11 unspecified atom stereocenters. The molecule has 2 aliphatic heterocycles. The van der Waals surface area contributed by atoms with E-state index in [0.717, 1.165) is 18.1 Å². The van der Waals surface area contributed by atoms with Crippen LogP contribution in [0.1, 0.15) is 167 Å². The summed E-state index contributed by atoms with van der Waals surface area (Å²) >= 11 is 0. The van der Waals surface area contributed by atoms with Gasteiger partial charge in [-0.05, 0) is 112 Å². The van der Waals surface area contributed by atoms with Crippen molar-refractivity contribution in [2.75, 3.05) is 6.61 Å². The summed E-state index contributed by atoms with van der Waals surface area (Å²) in [6.07, 6.45) is -6.69. The Hall–Kier alpha value is -3.89. The standard InChI is InChI=1S/C59H91NO15Si2/c1-20-76(21-2,22-3)74-42-31-43-58(33-67-43,70-38(11)61)48-50(69-51(62)39-27-24-23-25-28-39)59(65)32-41(37(10)44(55(59,15)16)46-49(57(42,48)19)72-56(17,18)71-46)68-52(63)47(75-77(34(4)5,35(6)7)36(8)9)45(40-29-26-30-66-40)60-53(64)73-54(12,13)14/h23-30,34-36,41-43,45-50,65H,20-22,31-33H2,1-19H3,(H,60,64)/t41?,42?,43?,45?,46?,47?,48?,49?,50?,57-,58?,59?/m1/s1. The Bertz CT molecular complexity index is 2450. The molecule has 4 fully saturated rings. The molecule has 7 rings (SSSR count). The van der Waals surface area contributed by atoms with Crippen molar-refractivity contribution in [1.29, 1.82) is 0 Å². The van der Waals surface area contributed by atoms with Crippen LogP contribution in [-0.4, -0.2) is 118 Å². The van der Waals surface area contributed by atoms with Gasteiger partial charge < -0.3 is 56.9 Å². The van der Waals surface area contributed by atoms with Gasteiger partial charge >= 0.3 is 24.0 Å². The van der Waals surface area contributed by atoms with Crippen LogP contribution < -0.4 is 5.32 Å². The van der Waals surface area contributed by atoms with Crippen LogP contribution in [-0.2, 0) is 51.6 Å². The van der Waals surface area contributed by atoms with Gasteiger partial charge in [-0.15, -0.1) is 0 Å². The molecule has 3 aliphatic carbocycles. The van der Waals surface area contributed by atoms with Crippen LogP contribution >= 0.6 is 0 Å². The van der Waals surface area contributed by atoms with Gasteiger partial charge in [0.25, 0.3) is 0 Å². The van der Waals surface area contributed by atoms with E-state index < -0.39 is 129 Å². The zero-order valence-corrected chi connectivity index (χ0v) is 51.5. The third-order valence-electron chi connectivity index (χ3n) is 18.6. The number of nitrogens with one attached hydrogen (secondary N) is 1. The van der Waals surface area contributed by atoms with Crippen LogP contribution in [0.3, 0.4) is 0 Å². The number of fused-ring (bicyclic) bond motifs is 8. The third kappa shape index (κ3) is 10.7. The minimum absolute atomic E-state index is 0.00984. The number of furan rings is 1. The van der Waals surface area contributed by atoms with Crippen LogP contribution in [0.25, 0.3) is 0 Å². The fourth-order valence-corrected chi connectivity index (χ4v) is 23.1. The smallest absolute Gasteiger partial charge is 0.408 e. The summed E-state index contributed by atoms with van der Waals surface area (Å²) in [6, 6.07) is 13.1. The Morgan fingerprint density at radius 2 is 1.47 bits per heavy atom. The molecule has 12 atom stereocenters. The summed E-state index contributed by atoms with van der Waals surface area (Å²) in [4.78, 5) is 58.7. The average molecular weight is 1110 g/mol. The molecule has 2 N–H and O–H groups in total. The van der Waals surface area contributed by atoms with Crippen LogP contribution in [0.15, 0.2) is 64.3 Å². The van der Waals surface area contributed by atoms with Crippen molar-refractivity contribution in [1.82, 2.24) is 5.32 Å². The summed E-state index contributed by atoms with van der Waals surface area (Å²) in [7, 11) is -5.52. The molecule has 3 heterocycles. The van der Waals surface area contributed by atoms with Gasteiger partial charge in [-0.3, -0.25) is 4.79 Å². The zero-order valence-electron chi connectivity index (χ0n) is 49.5. The van der Waals surface area contributed by atoms with Gasteiger partial charge in [0.1, 0.15) is 47.4 Å². The van der Waals surface area contributed by atoms with Gasteiger partial charge in [-0.2, -0.15) is 0 Å². The topological polar surface area (TPSA) is 197 Å². The maximum Gasteiger partial charge on any atom is 0.408 e. The fraction of sp³-hybridized carbons (Fsp3) is 0.729. The van der Waals surface area contributed by atoms with Crippen molar-refractivity contribution in [3.63, 3.8) is 0 Å². The highest BCUT2D eigenvalue weighted by molar-refractivity contribution is 6.77. The van der Waals surface area contributed by atoms with Crippen molar-refractivity contribution in [3.8, 4) is 0 Å². The van der Waals surface area contributed by atoms with Gasteiger partial charge in [0.15, 0.2) is 25.8 Å². The Kier molecular flexibility index (Phi) is 17.3. The van der Waals surface area contributed by atoms with Gasteiger partial charge in [-0.1, -0.05) is 101 Å². The summed E-state index contributed by atoms with van der Waals surface area (Å²) < 4.78 is 68.4. The lowest BCUT2D eigenvalue weighted by atomic mass is 9.44. The van der Waals surface area contributed by atoms with Crippen molar-refractivity contribution >= 4 is 40.6 Å². The Morgan fingerprint density at radius 3 is 1.97 bits per heavy atom. The lowest BCUT2D eigenvalue weighted by molar-refractivity contribution is -0.361. The number of hydrogen-bond acceptors (Lipinski definition) is 15. The number of ether oxygens (including phenoxy) is 7. The zero-order chi connectivity index (χ0) is 57.2. The van der Waals surface area contributed by atoms with Crippen molar-refractivity contribution in [2.24, 2.45) is 16.7 Å². The molecule has 2 saturated carbocycles. The van der Waals surface area contributed by atoms with Gasteiger partial charge in [0.05, 0.1) is 36.6 Å². The first kappa shape index (κ1) is 60.7. The summed E-state index contributed by atoms with van der Waals surface area (Å²) in [5.41, 5.74) is -5.66. The van der Waals surface area contributed by atoms with E-state index in [1.807, 2.05) is 34.6 Å². The van der Waals surface area contributed by atoms with E-state index in [1.54, 1.807) is 63.2 Å². The SMILES string of the molecule is CC[Si](CC)(CC)OC1CC2OCC2(OC(C)=O)C2C(OC(=O)c3ccccc3)C3(O)CC(OC(=O)C(O[Si](C(C)C)(C(C)C)C(C)C)C(NC(=O)OC(C)(C)C)c4ccco4)C(C)=C(C4OC(C)(C)OC4[C@]12C)C3(C)C. The first-order valence-electron chi connectivity index (χ1n) is 28.2. The molecule has 18 heteroatoms. The monoisotopic (exact) mass is 1110 g/mol. The summed E-state index contributed by atoms with van der Waals surface area (Å²) in [5.74, 6) is -4.19. The first-order chi connectivity index (χ1) is 35.7. The molecule has 430 valence electrons. The van der Waals surface area contributed by atoms with E-state index in [9.17, 15) is 14.7 Å². The number of esters is 3. The summed E-state index contributed by atoms with van der Waals surface area (Å²) in [5, 5.41) is 17.6. The van der Waals surface area contributed by atoms with Crippen LogP contribution in [0, 0.1) is 16.7 Å². The highest BCUT2D eigenvalue weighted by atomic mass is 28.4. The fourth-order valence-electron chi connectivity index (χ4n) is 14.6. The molecule has 77 heavy (non-hydrogen) atoms. The number of alkyl carbamates (subject to hydrolysis) is 1. The predicted molar refractivity (Wildman–Crippen MR) is 295 cm³/mol. The van der Waals surface area contributed by atoms with Crippen molar-refractivity contribution < 1.29 is 70.7 Å². The molecular weight excluding hydrogens is 1020 g/mol. The molecule has 2 saturated heterocycles. The third-order valence-corrected chi connectivity index (χ3v) is 29.3. The molecule has 1 amide bonds. The molecule has 2 bridgehead atoms. The Labute approximate surface area is 459 Å². The molecule has 1 aromatic heterocycles. The number of rotatable bonds is 18. The van der Waals surface area contributed by atoms with E-state index in [-0.39, 0.29) is 41.0 Å². The molecule has 0 radical (unpaired) electrons. The van der Waals surface area contributed by atoms with E-state index in [0.29, 0.717) is 17.6 Å². The van der Waals surface area contributed by atoms with Crippen molar-refractivity contribution in [3.05, 3.63) is 71.2 Å². The summed E-state index contributed by atoms with van der Waals surface area (Å²) in [6.45, 7) is 37.0. The van der Waals surface area contributed by atoms with Crippen molar-refractivity contribution in [2.45, 2.75) is 251 Å². The van der Waals surface area contributed by atoms with Gasteiger partial charge in [0, 0.05) is 30.6 Å². The highest BCUT2D eigenvalue weighted by Gasteiger charge is 2.80. The molecule has 16 nitrogen and oxygen atoms in total. The maximum absolute atomic E-state index is 15.9. The number of amides is 1. The van der Waals surface area contributed by atoms with E-state index in [4.69, 9.17) is 46.4 Å². The van der Waals surface area contributed by atoms with Gasteiger partial charge in [-0.25, -0.2) is 14.4 Å². The van der Waals surface area contributed by atoms with Crippen LogP contribution in [0.2, 0.25) is 34.8 Å². The average Bonchev–Trinajstić information content (AvgIpc) is 4.06. The maximum atomic E-state index is 15.9. The van der Waals surface area contributed by atoms with E-state index >= 15 is 9.59 Å². The molecular formula is C59H91NO15Si2. The second-order valence-electron chi connectivity index (χ2n) is 25.7. The second-order valence-corrected chi connectivity index (χ2v) is 35.8. The minimum Gasteiger partial charge on any atom is -0.467 e.